The van der Waals surface area contributed by atoms with E-state index in [1.165, 1.54) is 0 Å². The lowest BCUT2D eigenvalue weighted by molar-refractivity contribution is -0.125. The summed E-state index contributed by atoms with van der Waals surface area (Å²) in [5.41, 5.74) is 0. The molecule has 1 saturated heterocycles. The predicted octanol–water partition coefficient (Wildman–Crippen LogP) is 0.209. The van der Waals surface area contributed by atoms with Gasteiger partial charge in [0.05, 0.1) is 26.2 Å². The molecule has 1 aromatic rings. The number of nitrogens with zero attached hydrogens (tertiary/aromatic N) is 3. The Morgan fingerprint density at radius 1 is 1.25 bits per heavy atom. The van der Waals surface area contributed by atoms with Gasteiger partial charge in [0.15, 0.2) is 0 Å². The van der Waals surface area contributed by atoms with Gasteiger partial charge >= 0.3 is 0 Å². The molecule has 0 spiro atoms. The van der Waals surface area contributed by atoms with Crippen molar-refractivity contribution < 1.29 is 14.3 Å². The highest BCUT2D eigenvalue weighted by Gasteiger charge is 2.36. The zero-order valence-corrected chi connectivity index (χ0v) is 11.6. The highest BCUT2D eigenvalue weighted by Crippen LogP contribution is 2.27. The van der Waals surface area contributed by atoms with Crippen LogP contribution in [-0.2, 0) is 4.79 Å². The first kappa shape index (κ1) is 13.0. The quantitative estimate of drug-likeness (QED) is 0.829. The van der Waals surface area contributed by atoms with Crippen LogP contribution in [0.25, 0.3) is 0 Å². The van der Waals surface area contributed by atoms with Crippen molar-refractivity contribution in [2.45, 2.75) is 18.9 Å². The Hall–Kier alpha value is -2.05. The maximum absolute atomic E-state index is 11.9. The van der Waals surface area contributed by atoms with Gasteiger partial charge in [-0.1, -0.05) is 0 Å². The van der Waals surface area contributed by atoms with Crippen LogP contribution in [0, 0.1) is 5.92 Å². The third-order valence-corrected chi connectivity index (χ3v) is 3.54. The van der Waals surface area contributed by atoms with Crippen LogP contribution in [0.5, 0.6) is 11.8 Å². The number of nitrogens with one attached hydrogen (secondary N) is 1. The fourth-order valence-electron chi connectivity index (χ4n) is 2.10. The summed E-state index contributed by atoms with van der Waals surface area (Å²) in [7, 11) is 3.10. The topological polar surface area (TPSA) is 76.6 Å². The first-order chi connectivity index (χ1) is 9.69. The summed E-state index contributed by atoms with van der Waals surface area (Å²) in [6.45, 7) is 1.27. The van der Waals surface area contributed by atoms with Crippen molar-refractivity contribution in [3.63, 3.8) is 0 Å². The maximum Gasteiger partial charge on any atom is 0.232 e. The number of hydrogen-bond donors (Lipinski definition) is 1. The van der Waals surface area contributed by atoms with Gasteiger partial charge in [-0.3, -0.25) is 4.79 Å². The molecule has 1 N–H and O–H groups in total. The van der Waals surface area contributed by atoms with E-state index >= 15 is 0 Å². The van der Waals surface area contributed by atoms with Crippen LogP contribution in [0.3, 0.4) is 0 Å². The summed E-state index contributed by atoms with van der Waals surface area (Å²) < 4.78 is 10.2. The predicted molar refractivity (Wildman–Crippen MR) is 72.0 cm³/mol. The molecule has 0 bridgehead atoms. The van der Waals surface area contributed by atoms with E-state index < -0.39 is 0 Å². The van der Waals surface area contributed by atoms with E-state index in [4.69, 9.17) is 9.47 Å². The molecule has 1 aliphatic carbocycles. The first-order valence-corrected chi connectivity index (χ1v) is 6.72. The molecule has 3 rings (SSSR count). The van der Waals surface area contributed by atoms with Crippen LogP contribution in [-0.4, -0.2) is 49.2 Å². The van der Waals surface area contributed by atoms with E-state index in [0.717, 1.165) is 12.8 Å². The molecular formula is C13H18N4O3. The molecule has 0 unspecified atom stereocenters. The third kappa shape index (κ3) is 2.61. The van der Waals surface area contributed by atoms with Gasteiger partial charge in [-0.05, 0) is 12.8 Å². The van der Waals surface area contributed by atoms with Crippen molar-refractivity contribution in [2.24, 2.45) is 5.92 Å². The zero-order chi connectivity index (χ0) is 14.1. The van der Waals surface area contributed by atoms with Crippen molar-refractivity contribution in [2.75, 3.05) is 32.2 Å². The number of carbonyl (C=O) groups is 1. The van der Waals surface area contributed by atoms with Gasteiger partial charge in [-0.2, -0.15) is 9.97 Å². The van der Waals surface area contributed by atoms with E-state index in [9.17, 15) is 4.79 Å². The lowest BCUT2D eigenvalue weighted by Crippen LogP contribution is -2.54. The highest BCUT2D eigenvalue weighted by atomic mass is 16.5. The van der Waals surface area contributed by atoms with Crippen molar-refractivity contribution in [1.82, 2.24) is 15.3 Å². The molecule has 108 valence electrons. The molecule has 7 heteroatoms. The Morgan fingerprint density at radius 2 is 1.85 bits per heavy atom. The minimum atomic E-state index is 0.0244. The number of methoxy groups -OCH3 is 2. The molecule has 1 saturated carbocycles. The fraction of sp³-hybridized carbons (Fsp3) is 0.615. The minimum absolute atomic E-state index is 0.0244. The van der Waals surface area contributed by atoms with Crippen LogP contribution < -0.4 is 19.7 Å². The Labute approximate surface area is 117 Å². The number of amides is 1. The Bertz CT molecular complexity index is 490. The highest BCUT2D eigenvalue weighted by molar-refractivity contribution is 5.82. The summed E-state index contributed by atoms with van der Waals surface area (Å²) in [6.07, 6.45) is 2.22. The molecule has 2 fully saturated rings. The summed E-state index contributed by atoms with van der Waals surface area (Å²) in [4.78, 5) is 22.4. The second-order valence-electron chi connectivity index (χ2n) is 5.14. The normalized spacial score (nSPS) is 18.4. The number of anilines is 1. The van der Waals surface area contributed by atoms with E-state index in [-0.39, 0.29) is 11.8 Å². The monoisotopic (exact) mass is 278 g/mol. The second kappa shape index (κ2) is 5.15. The molecular weight excluding hydrogens is 260 g/mol. The van der Waals surface area contributed by atoms with Gasteiger partial charge in [0, 0.05) is 19.1 Å². The average molecular weight is 278 g/mol. The molecule has 1 amide bonds. The van der Waals surface area contributed by atoms with Gasteiger partial charge in [0.1, 0.15) is 0 Å². The molecule has 1 aliphatic heterocycles. The molecule has 20 heavy (non-hydrogen) atoms. The standard InChI is InChI=1S/C13H18N4O3/c1-19-10-5-11(20-2)16-13(15-10)17-6-8(7-17)12(18)14-9-3-4-9/h5,8-9H,3-4,6-7H2,1-2H3,(H,14,18). The number of carbonyl (C=O) groups excluding carboxylic acids is 1. The Kier molecular flexibility index (Phi) is 3.33. The van der Waals surface area contributed by atoms with Crippen LogP contribution >= 0.6 is 0 Å². The summed E-state index contributed by atoms with van der Waals surface area (Å²) >= 11 is 0. The fourth-order valence-corrected chi connectivity index (χ4v) is 2.10. The molecule has 0 radical (unpaired) electrons. The minimum Gasteiger partial charge on any atom is -0.481 e. The molecule has 7 nitrogen and oxygen atoms in total. The lowest BCUT2D eigenvalue weighted by atomic mass is 10.00. The van der Waals surface area contributed by atoms with Crippen molar-refractivity contribution >= 4 is 11.9 Å². The molecule has 2 aliphatic rings. The van der Waals surface area contributed by atoms with E-state index in [0.29, 0.717) is 36.8 Å². The SMILES string of the molecule is COc1cc(OC)nc(N2CC(C(=O)NC3CC3)C2)n1. The molecule has 2 heterocycles. The van der Waals surface area contributed by atoms with Crippen LogP contribution in [0.1, 0.15) is 12.8 Å². The van der Waals surface area contributed by atoms with Gasteiger partial charge in [0.25, 0.3) is 0 Å². The summed E-state index contributed by atoms with van der Waals surface area (Å²) in [5.74, 6) is 1.61. The number of rotatable bonds is 5. The third-order valence-electron chi connectivity index (χ3n) is 3.54. The number of hydrogen-bond acceptors (Lipinski definition) is 6. The second-order valence-corrected chi connectivity index (χ2v) is 5.14. The van der Waals surface area contributed by atoms with Crippen LogP contribution in [0.4, 0.5) is 5.95 Å². The first-order valence-electron chi connectivity index (χ1n) is 6.72. The van der Waals surface area contributed by atoms with Gasteiger partial charge < -0.3 is 19.7 Å². The molecule has 0 atom stereocenters. The van der Waals surface area contributed by atoms with Crippen molar-refractivity contribution in [3.8, 4) is 11.8 Å². The zero-order valence-electron chi connectivity index (χ0n) is 11.6. The summed E-state index contributed by atoms with van der Waals surface area (Å²) in [5, 5.41) is 3.02. The Morgan fingerprint density at radius 3 is 2.35 bits per heavy atom. The van der Waals surface area contributed by atoms with Crippen molar-refractivity contribution in [1.29, 1.82) is 0 Å². The number of aromatic nitrogens is 2. The lowest BCUT2D eigenvalue weighted by Gasteiger charge is -2.38. The number of ether oxygens (including phenoxy) is 2. The maximum atomic E-state index is 11.9. The van der Waals surface area contributed by atoms with E-state index in [2.05, 4.69) is 15.3 Å². The van der Waals surface area contributed by atoms with Crippen LogP contribution in [0.15, 0.2) is 6.07 Å². The molecule has 0 aromatic carbocycles. The smallest absolute Gasteiger partial charge is 0.232 e. The summed E-state index contributed by atoms with van der Waals surface area (Å²) in [6, 6.07) is 2.03. The molecule has 1 aromatic heterocycles. The van der Waals surface area contributed by atoms with Gasteiger partial charge in [-0.25, -0.2) is 0 Å². The van der Waals surface area contributed by atoms with E-state index in [1.54, 1.807) is 20.3 Å². The largest absolute Gasteiger partial charge is 0.481 e. The Balaban J connectivity index is 1.62. The van der Waals surface area contributed by atoms with E-state index in [1.807, 2.05) is 4.90 Å². The van der Waals surface area contributed by atoms with Crippen LogP contribution in [0.2, 0.25) is 0 Å². The van der Waals surface area contributed by atoms with Gasteiger partial charge in [0.2, 0.25) is 23.6 Å². The van der Waals surface area contributed by atoms with Gasteiger partial charge in [-0.15, -0.1) is 0 Å². The van der Waals surface area contributed by atoms with Crippen molar-refractivity contribution in [3.05, 3.63) is 6.07 Å². The average Bonchev–Trinajstić information content (AvgIpc) is 3.20.